The third-order valence-electron chi connectivity index (χ3n) is 8.52. The first-order valence-corrected chi connectivity index (χ1v) is 15.4. The molecule has 4 heterocycles. The van der Waals surface area contributed by atoms with E-state index in [1.54, 1.807) is 29.5 Å². The fourth-order valence-electron chi connectivity index (χ4n) is 4.34. The van der Waals surface area contributed by atoms with Gasteiger partial charge in [-0.15, -0.1) is 11.6 Å². The van der Waals surface area contributed by atoms with Crippen molar-refractivity contribution < 1.29 is 36.2 Å². The van der Waals surface area contributed by atoms with E-state index in [0.29, 0.717) is 11.1 Å². The highest BCUT2D eigenvalue weighted by Gasteiger charge is 2.57. The zero-order chi connectivity index (χ0) is 34.8. The zero-order valence-electron chi connectivity index (χ0n) is 27.4. The molecule has 0 spiro atoms. The molecular formula is C32H38B2ClF4N4O4+. The molecule has 2 aromatic heterocycles. The van der Waals surface area contributed by atoms with Gasteiger partial charge in [0.25, 0.3) is 0 Å². The molecule has 4 aromatic rings. The van der Waals surface area contributed by atoms with Gasteiger partial charge in [-0.1, -0.05) is 12.1 Å². The van der Waals surface area contributed by atoms with Crippen molar-refractivity contribution in [3.63, 3.8) is 0 Å². The van der Waals surface area contributed by atoms with E-state index in [0.717, 1.165) is 23.1 Å². The standard InChI is InChI=1S/C16H19BF2N2O2.C9H14BN2O2.C7H5ClF2/c1-15(2)16(3,4)23-17(22-15)12-8-20-21(10-12)9-11-5-6-13(18)7-14(11)19;1-8(2)9(3,4)14-10(13-8)7-5-11-12-6-7;8-4-5-1-2-6(9)3-7(5)10/h5-8,10H,9H2,1-4H3;5-6H,1H2,2-4H3,(H,11,12);1-3H,4H2/q;+1;. The Balaban J connectivity index is 0.000000177. The number of alkyl halides is 1. The molecular weight excluding hydrogens is 637 g/mol. The number of aromatic nitrogens is 4. The normalized spacial score (nSPS) is 20.8. The molecule has 2 aliphatic heterocycles. The molecule has 2 aliphatic rings. The van der Waals surface area contributed by atoms with Gasteiger partial charge >= 0.3 is 14.2 Å². The van der Waals surface area contributed by atoms with Gasteiger partial charge in [0.2, 0.25) is 5.60 Å². The summed E-state index contributed by atoms with van der Waals surface area (Å²) >= 11 is 5.32. The molecule has 15 heteroatoms. The Bertz CT molecular complexity index is 1620. The van der Waals surface area contributed by atoms with Gasteiger partial charge in [0.05, 0.1) is 30.6 Å². The van der Waals surface area contributed by atoms with Crippen LogP contribution in [-0.2, 0) is 31.0 Å². The van der Waals surface area contributed by atoms with Gasteiger partial charge in [0, 0.05) is 65.9 Å². The lowest BCUT2D eigenvalue weighted by atomic mass is 9.82. The van der Waals surface area contributed by atoms with E-state index in [-0.39, 0.29) is 19.5 Å². The molecule has 6 rings (SSSR count). The van der Waals surface area contributed by atoms with Crippen LogP contribution >= 0.6 is 11.6 Å². The number of nitrogens with zero attached hydrogens (tertiary/aromatic N) is 3. The Labute approximate surface area is 278 Å². The largest absolute Gasteiger partial charge is 0.501 e. The zero-order valence-corrected chi connectivity index (χ0v) is 28.2. The topological polar surface area (TPSA) is 83.4 Å². The van der Waals surface area contributed by atoms with Crippen LogP contribution in [0.15, 0.2) is 61.2 Å². The van der Waals surface area contributed by atoms with E-state index >= 15 is 0 Å². The van der Waals surface area contributed by atoms with Gasteiger partial charge in [-0.05, 0) is 53.7 Å². The van der Waals surface area contributed by atoms with E-state index in [9.17, 15) is 17.6 Å². The summed E-state index contributed by atoms with van der Waals surface area (Å²) in [5, 5.41) is 10.8. The number of hydrogen-bond acceptors (Lipinski definition) is 6. The second kappa shape index (κ2) is 14.1. The number of H-pyrrole nitrogens is 1. The Kier molecular flexibility index (Phi) is 10.9. The molecule has 8 nitrogen and oxygen atoms in total. The van der Waals surface area contributed by atoms with Gasteiger partial charge in [-0.25, -0.2) is 17.6 Å². The molecule has 0 aliphatic carbocycles. The third-order valence-corrected chi connectivity index (χ3v) is 8.81. The van der Waals surface area contributed by atoms with Crippen LogP contribution < -0.4 is 10.9 Å². The van der Waals surface area contributed by atoms with Crippen LogP contribution in [0.25, 0.3) is 0 Å². The quantitative estimate of drug-likeness (QED) is 0.126. The molecule has 0 amide bonds. The Hall–Kier alpha value is -3.29. The first kappa shape index (κ1) is 36.5. The van der Waals surface area contributed by atoms with Crippen molar-refractivity contribution in [3.05, 3.63) is 103 Å². The fourth-order valence-corrected chi connectivity index (χ4v) is 4.56. The summed E-state index contributed by atoms with van der Waals surface area (Å²) in [5.74, 6) is -2.27. The molecule has 47 heavy (non-hydrogen) atoms. The predicted molar refractivity (Wildman–Crippen MR) is 173 cm³/mol. The van der Waals surface area contributed by atoms with Gasteiger partial charge in [0.1, 0.15) is 28.9 Å². The number of rotatable bonds is 5. The smallest absolute Gasteiger partial charge is 0.399 e. The number of aromatic amines is 1. The molecule has 1 N–H and O–H groups in total. The maximum Gasteiger partial charge on any atom is 0.501 e. The second-order valence-electron chi connectivity index (χ2n) is 13.0. The molecule has 1 atom stereocenters. The lowest BCUT2D eigenvalue weighted by molar-refractivity contribution is 0.00578. The molecule has 250 valence electrons. The van der Waals surface area contributed by atoms with Crippen molar-refractivity contribution in [1.82, 2.24) is 20.0 Å². The minimum atomic E-state index is -0.593. The second-order valence-corrected chi connectivity index (χ2v) is 13.3. The summed E-state index contributed by atoms with van der Waals surface area (Å²) in [6.45, 7) is 18.0. The van der Waals surface area contributed by atoms with Crippen LogP contribution in [0.1, 0.15) is 59.6 Å². The molecule has 0 radical (unpaired) electrons. The lowest BCUT2D eigenvalue weighted by Crippen LogP contribution is -2.42. The molecule has 2 aromatic carbocycles. The first-order chi connectivity index (χ1) is 21.8. The predicted octanol–water partition coefficient (Wildman–Crippen LogP) is 5.74. The lowest BCUT2D eigenvalue weighted by Gasteiger charge is -2.32. The van der Waals surface area contributed by atoms with Crippen molar-refractivity contribution in [2.24, 2.45) is 0 Å². The summed E-state index contributed by atoms with van der Waals surface area (Å²) in [6.07, 6.45) is 6.86. The Morgan fingerprint density at radius 1 is 0.766 bits per heavy atom. The highest BCUT2D eigenvalue weighted by molar-refractivity contribution is 6.62. The average molecular weight is 676 g/mol. The number of benzene rings is 2. The molecule has 1 unspecified atom stereocenters. The minimum absolute atomic E-state index is 0.0755. The van der Waals surface area contributed by atoms with Gasteiger partial charge in [-0.3, -0.25) is 9.78 Å². The summed E-state index contributed by atoms with van der Waals surface area (Å²) in [6, 6.07) is 6.85. The first-order valence-electron chi connectivity index (χ1n) is 14.9. The van der Waals surface area contributed by atoms with Crippen LogP contribution in [0.3, 0.4) is 0 Å². The van der Waals surface area contributed by atoms with Crippen LogP contribution in [0.4, 0.5) is 17.6 Å². The Morgan fingerprint density at radius 3 is 1.77 bits per heavy atom. The highest BCUT2D eigenvalue weighted by atomic mass is 35.5. The number of hydrogen-bond donors (Lipinski definition) is 1. The fraction of sp³-hybridized carbons (Fsp3) is 0.406. The molecule has 0 bridgehead atoms. The molecule has 0 saturated carbocycles. The minimum Gasteiger partial charge on any atom is -0.399 e. The van der Waals surface area contributed by atoms with E-state index in [2.05, 4.69) is 22.2 Å². The Morgan fingerprint density at radius 2 is 1.30 bits per heavy atom. The van der Waals surface area contributed by atoms with Crippen LogP contribution in [-0.4, -0.2) is 56.6 Å². The summed E-state index contributed by atoms with van der Waals surface area (Å²) in [7, 11) is -0.877. The van der Waals surface area contributed by atoms with E-state index in [4.69, 9.17) is 30.2 Å². The van der Waals surface area contributed by atoms with Crippen LogP contribution in [0.2, 0.25) is 0 Å². The monoisotopic (exact) mass is 675 g/mol. The summed E-state index contributed by atoms with van der Waals surface area (Å²) in [5.41, 5.74) is 0.574. The highest BCUT2D eigenvalue weighted by Crippen LogP contribution is 2.37. The van der Waals surface area contributed by atoms with Gasteiger partial charge in [-0.2, -0.15) is 10.2 Å². The van der Waals surface area contributed by atoms with Gasteiger partial charge in [0.15, 0.2) is 0 Å². The van der Waals surface area contributed by atoms with E-state index < -0.39 is 52.8 Å². The van der Waals surface area contributed by atoms with Gasteiger partial charge < -0.3 is 18.6 Å². The summed E-state index contributed by atoms with van der Waals surface area (Å²) < 4.78 is 76.4. The van der Waals surface area contributed by atoms with Crippen molar-refractivity contribution >= 4 is 36.8 Å². The van der Waals surface area contributed by atoms with Crippen molar-refractivity contribution in [3.8, 4) is 0 Å². The van der Waals surface area contributed by atoms with Crippen molar-refractivity contribution in [1.29, 1.82) is 0 Å². The van der Waals surface area contributed by atoms with E-state index in [1.165, 1.54) is 24.3 Å². The maximum atomic E-state index is 13.7. The number of nitrogens with one attached hydrogen (secondary N) is 1. The number of halogens is 5. The van der Waals surface area contributed by atoms with Crippen molar-refractivity contribution in [2.75, 3.05) is 0 Å². The average Bonchev–Trinajstić information content (AvgIpc) is 3.74. The maximum absolute atomic E-state index is 13.7. The van der Waals surface area contributed by atoms with E-state index in [1.807, 2.05) is 48.5 Å². The van der Waals surface area contributed by atoms with Crippen LogP contribution in [0.5, 0.6) is 0 Å². The SMILES string of the molecule is CC1(C)OB(c2cnn(Cc3ccc(F)cc3F)c2)OC1(C)C.Fc1ccc(CCl)c(F)c1.[CH2+]C1(C)OB(c2cn[nH]c2)OC1(C)C. The molecule has 2 saturated heterocycles. The molecule has 2 fully saturated rings. The van der Waals surface area contributed by atoms with Crippen molar-refractivity contribution in [2.45, 2.75) is 83.3 Å². The third kappa shape index (κ3) is 8.60. The van der Waals surface area contributed by atoms with Crippen LogP contribution in [0, 0.1) is 30.2 Å². The summed E-state index contributed by atoms with van der Waals surface area (Å²) in [4.78, 5) is 0.